The Morgan fingerprint density at radius 3 is 2.40 bits per heavy atom. The number of phenols is 2. The molecule has 4 rings (SSSR count). The highest BCUT2D eigenvalue weighted by Crippen LogP contribution is 2.55. The molecule has 1 heterocycles. The minimum Gasteiger partial charge on any atom is -0.504 e. The molecule has 174 valence electrons. The van der Waals surface area contributed by atoms with Gasteiger partial charge in [0.15, 0.2) is 22.0 Å². The van der Waals surface area contributed by atoms with E-state index in [0.29, 0.717) is 29.9 Å². The number of anilines is 1. The SMILES string of the molecule is CN1CC=C2C(C#N)=C(NC(=S)Nc3ccccc3)C(C#N)(C#N)[C@@H](c3ccc(O)c(O)c3)[C@H]2C1. The van der Waals surface area contributed by atoms with Crippen LogP contribution in [0.5, 0.6) is 11.5 Å². The van der Waals surface area contributed by atoms with Crippen LogP contribution in [0.4, 0.5) is 5.69 Å². The van der Waals surface area contributed by atoms with Gasteiger partial charge in [-0.3, -0.25) is 0 Å². The van der Waals surface area contributed by atoms with Gasteiger partial charge in [0.1, 0.15) is 6.07 Å². The number of hydrogen-bond acceptors (Lipinski definition) is 7. The lowest BCUT2D eigenvalue weighted by molar-refractivity contribution is 0.235. The standard InChI is InChI=1S/C26H22N6O2S/c1-32-10-9-18-19(12-27)24(31-25(35)30-17-5-3-2-4-6-17)26(14-28,15-29)23(20(18)13-32)16-7-8-21(33)22(34)11-16/h2-9,11,20,23,33-34H,10,13H2,1H3,(H2,30,31,35)/t20-,23-/m0/s1. The van der Waals surface area contributed by atoms with E-state index in [2.05, 4.69) is 28.8 Å². The van der Waals surface area contributed by atoms with Crippen molar-refractivity contribution in [2.45, 2.75) is 5.92 Å². The van der Waals surface area contributed by atoms with Gasteiger partial charge < -0.3 is 25.7 Å². The van der Waals surface area contributed by atoms with Gasteiger partial charge in [0.25, 0.3) is 0 Å². The van der Waals surface area contributed by atoms with Crippen LogP contribution >= 0.6 is 12.2 Å². The largest absolute Gasteiger partial charge is 0.504 e. The maximum absolute atomic E-state index is 10.5. The third kappa shape index (κ3) is 4.18. The molecule has 0 unspecified atom stereocenters. The van der Waals surface area contributed by atoms with Crippen LogP contribution in [0.1, 0.15) is 11.5 Å². The lowest BCUT2D eigenvalue weighted by Gasteiger charge is -2.46. The molecule has 0 amide bonds. The van der Waals surface area contributed by atoms with Gasteiger partial charge in [0, 0.05) is 30.6 Å². The molecule has 2 atom stereocenters. The Balaban J connectivity index is 1.90. The van der Waals surface area contributed by atoms with Crippen LogP contribution in [0.3, 0.4) is 0 Å². The van der Waals surface area contributed by atoms with Crippen LogP contribution < -0.4 is 10.6 Å². The zero-order chi connectivity index (χ0) is 25.2. The van der Waals surface area contributed by atoms with Crippen molar-refractivity contribution in [3.8, 4) is 29.7 Å². The van der Waals surface area contributed by atoms with E-state index in [0.717, 1.165) is 0 Å². The fraction of sp³-hybridized carbons (Fsp3) is 0.231. The van der Waals surface area contributed by atoms with Crippen molar-refractivity contribution in [2.75, 3.05) is 25.5 Å². The lowest BCUT2D eigenvalue weighted by Crippen LogP contribution is -2.49. The fourth-order valence-corrected chi connectivity index (χ4v) is 5.08. The zero-order valence-corrected chi connectivity index (χ0v) is 19.7. The van der Waals surface area contributed by atoms with E-state index in [1.807, 2.05) is 48.4 Å². The topological polar surface area (TPSA) is 139 Å². The Kier molecular flexibility index (Phi) is 6.44. The molecule has 35 heavy (non-hydrogen) atoms. The summed E-state index contributed by atoms with van der Waals surface area (Å²) in [6, 6.07) is 20.0. The molecule has 1 aliphatic carbocycles. The van der Waals surface area contributed by atoms with Crippen molar-refractivity contribution < 1.29 is 10.2 Å². The van der Waals surface area contributed by atoms with Crippen LogP contribution in [0.15, 0.2) is 71.5 Å². The second kappa shape index (κ2) is 9.48. The highest BCUT2D eigenvalue weighted by Gasteiger charge is 2.55. The number of allylic oxidation sites excluding steroid dienone is 2. The summed E-state index contributed by atoms with van der Waals surface area (Å²) in [4.78, 5) is 2.04. The van der Waals surface area contributed by atoms with Gasteiger partial charge >= 0.3 is 0 Å². The number of rotatable bonds is 3. The number of thiocarbonyl (C=S) groups is 1. The quantitative estimate of drug-likeness (QED) is 0.382. The second-order valence-electron chi connectivity index (χ2n) is 8.55. The molecular formula is C26H22N6O2S. The van der Waals surface area contributed by atoms with Gasteiger partial charge in [-0.1, -0.05) is 30.3 Å². The molecular weight excluding hydrogens is 460 g/mol. The molecule has 4 N–H and O–H groups in total. The van der Waals surface area contributed by atoms with Crippen LogP contribution in [-0.2, 0) is 0 Å². The number of fused-ring (bicyclic) bond motifs is 1. The number of benzene rings is 2. The van der Waals surface area contributed by atoms with Crippen molar-refractivity contribution in [3.63, 3.8) is 0 Å². The summed E-state index contributed by atoms with van der Waals surface area (Å²) >= 11 is 5.49. The number of likely N-dealkylation sites (N-methyl/N-ethyl adjacent to an activating group) is 1. The van der Waals surface area contributed by atoms with Crippen LogP contribution in [-0.4, -0.2) is 40.4 Å². The Hall–Kier alpha value is -4.36. The summed E-state index contributed by atoms with van der Waals surface area (Å²) in [5, 5.41) is 57.4. The van der Waals surface area contributed by atoms with E-state index in [4.69, 9.17) is 12.2 Å². The van der Waals surface area contributed by atoms with Crippen molar-refractivity contribution >= 4 is 23.0 Å². The minimum absolute atomic E-state index is 0.100. The van der Waals surface area contributed by atoms with E-state index in [1.54, 1.807) is 6.07 Å². The van der Waals surface area contributed by atoms with Crippen molar-refractivity contribution in [1.82, 2.24) is 10.2 Å². The number of nitrogens with zero attached hydrogens (tertiary/aromatic N) is 4. The predicted molar refractivity (Wildman–Crippen MR) is 134 cm³/mol. The minimum atomic E-state index is -1.82. The molecule has 0 saturated heterocycles. The molecule has 0 aromatic heterocycles. The predicted octanol–water partition coefficient (Wildman–Crippen LogP) is 3.48. The Morgan fingerprint density at radius 2 is 1.77 bits per heavy atom. The molecule has 8 nitrogen and oxygen atoms in total. The van der Waals surface area contributed by atoms with E-state index < -0.39 is 11.3 Å². The number of para-hydroxylation sites is 1. The maximum atomic E-state index is 10.5. The third-order valence-corrected chi connectivity index (χ3v) is 6.63. The molecule has 9 heteroatoms. The van der Waals surface area contributed by atoms with E-state index in [1.165, 1.54) is 12.1 Å². The first-order valence-electron chi connectivity index (χ1n) is 10.9. The number of nitriles is 3. The van der Waals surface area contributed by atoms with E-state index in [-0.39, 0.29) is 33.8 Å². The normalized spacial score (nSPS) is 20.9. The summed E-state index contributed by atoms with van der Waals surface area (Å²) in [5.41, 5.74) is 0.403. The van der Waals surface area contributed by atoms with Crippen LogP contribution in [0.25, 0.3) is 0 Å². The molecule has 0 spiro atoms. The smallest absolute Gasteiger partial charge is 0.191 e. The Labute approximate surface area is 208 Å². The number of aromatic hydroxyl groups is 2. The van der Waals surface area contributed by atoms with Crippen molar-refractivity contribution in [1.29, 1.82) is 15.8 Å². The number of hydrogen-bond donors (Lipinski definition) is 4. The average Bonchev–Trinajstić information content (AvgIpc) is 2.86. The summed E-state index contributed by atoms with van der Waals surface area (Å²) in [7, 11) is 1.92. The van der Waals surface area contributed by atoms with Gasteiger partial charge in [-0.2, -0.15) is 15.8 Å². The van der Waals surface area contributed by atoms with Gasteiger partial charge in [0.2, 0.25) is 0 Å². The molecule has 0 fully saturated rings. The zero-order valence-electron chi connectivity index (χ0n) is 18.9. The first kappa shape index (κ1) is 23.8. The molecule has 1 aliphatic heterocycles. The number of phenolic OH excluding ortho intramolecular Hbond substituents is 2. The van der Waals surface area contributed by atoms with E-state index in [9.17, 15) is 26.0 Å². The molecule has 2 aromatic carbocycles. The monoisotopic (exact) mass is 482 g/mol. The summed E-state index contributed by atoms with van der Waals surface area (Å²) < 4.78 is 0. The number of nitrogens with one attached hydrogen (secondary N) is 2. The van der Waals surface area contributed by atoms with Gasteiger partial charge in [0.05, 0.1) is 23.4 Å². The molecule has 2 aromatic rings. The van der Waals surface area contributed by atoms with Gasteiger partial charge in [-0.25, -0.2) is 0 Å². The van der Waals surface area contributed by atoms with Gasteiger partial charge in [-0.05, 0) is 54.7 Å². The lowest BCUT2D eigenvalue weighted by atomic mass is 9.58. The average molecular weight is 483 g/mol. The van der Waals surface area contributed by atoms with Crippen LogP contribution in [0.2, 0.25) is 0 Å². The van der Waals surface area contributed by atoms with E-state index >= 15 is 0 Å². The van der Waals surface area contributed by atoms with Crippen molar-refractivity contribution in [2.24, 2.45) is 11.3 Å². The first-order valence-corrected chi connectivity index (χ1v) is 11.3. The summed E-state index contributed by atoms with van der Waals surface area (Å²) in [6.45, 7) is 1.09. The summed E-state index contributed by atoms with van der Waals surface area (Å²) in [6.07, 6.45) is 1.92. The Bertz CT molecular complexity index is 1350. The van der Waals surface area contributed by atoms with Gasteiger partial charge in [-0.15, -0.1) is 0 Å². The highest BCUT2D eigenvalue weighted by molar-refractivity contribution is 7.80. The third-order valence-electron chi connectivity index (χ3n) is 6.43. The molecule has 0 bridgehead atoms. The fourth-order valence-electron chi connectivity index (χ4n) is 4.86. The maximum Gasteiger partial charge on any atom is 0.191 e. The van der Waals surface area contributed by atoms with Crippen molar-refractivity contribution in [3.05, 3.63) is 77.0 Å². The van der Waals surface area contributed by atoms with Crippen LogP contribution in [0, 0.1) is 45.3 Å². The first-order chi connectivity index (χ1) is 16.8. The molecule has 0 radical (unpaired) electrons. The second-order valence-corrected chi connectivity index (χ2v) is 8.96. The molecule has 2 aliphatic rings. The Morgan fingerprint density at radius 1 is 1.06 bits per heavy atom. The molecule has 0 saturated carbocycles. The highest BCUT2D eigenvalue weighted by atomic mass is 32.1. The summed E-state index contributed by atoms with van der Waals surface area (Å²) in [5.74, 6) is -1.79.